The lowest BCUT2D eigenvalue weighted by Gasteiger charge is -2.19. The van der Waals surface area contributed by atoms with Crippen LogP contribution in [0.5, 0.6) is 0 Å². The van der Waals surface area contributed by atoms with E-state index in [4.69, 9.17) is 0 Å². The van der Waals surface area contributed by atoms with Crippen LogP contribution in [0.15, 0.2) is 23.6 Å². The van der Waals surface area contributed by atoms with Crippen LogP contribution in [0.1, 0.15) is 25.6 Å². The third-order valence-corrected chi connectivity index (χ3v) is 3.80. The molecule has 0 radical (unpaired) electrons. The Kier molecular flexibility index (Phi) is 3.42. The monoisotopic (exact) mass is 252 g/mol. The minimum Gasteiger partial charge on any atom is -0.307 e. The highest BCUT2D eigenvalue weighted by atomic mass is 32.1. The molecule has 0 atom stereocenters. The van der Waals surface area contributed by atoms with E-state index in [1.54, 1.807) is 22.9 Å². The maximum absolute atomic E-state index is 4.47. The first-order valence-electron chi connectivity index (χ1n) is 5.29. The normalized spacial score (nSPS) is 11.9. The average Bonchev–Trinajstić information content (AvgIpc) is 2.84. The highest BCUT2D eigenvalue weighted by Gasteiger charge is 2.10. The van der Waals surface area contributed by atoms with Gasteiger partial charge in [-0.2, -0.15) is 4.37 Å². The molecule has 0 bridgehead atoms. The van der Waals surface area contributed by atoms with Crippen LogP contribution in [-0.4, -0.2) is 9.91 Å². The van der Waals surface area contributed by atoms with Gasteiger partial charge in [0.1, 0.15) is 0 Å². The predicted molar refractivity (Wildman–Crippen MR) is 72.0 cm³/mol. The third kappa shape index (κ3) is 3.14. The van der Waals surface area contributed by atoms with E-state index in [1.807, 2.05) is 0 Å². The Morgan fingerprint density at radius 1 is 1.38 bits per heavy atom. The van der Waals surface area contributed by atoms with Crippen LogP contribution in [0.4, 0.5) is 0 Å². The first-order chi connectivity index (χ1) is 7.54. The smallest absolute Gasteiger partial charge is 0.0943 e. The van der Waals surface area contributed by atoms with Crippen molar-refractivity contribution in [1.29, 1.82) is 0 Å². The van der Waals surface area contributed by atoms with E-state index in [-0.39, 0.29) is 5.54 Å². The van der Waals surface area contributed by atoms with Crippen molar-refractivity contribution < 1.29 is 0 Å². The van der Waals surface area contributed by atoms with E-state index in [2.05, 4.69) is 54.0 Å². The molecule has 16 heavy (non-hydrogen) atoms. The minimum atomic E-state index is 0.160. The highest BCUT2D eigenvalue weighted by molar-refractivity contribution is 7.13. The summed E-state index contributed by atoms with van der Waals surface area (Å²) in [6.45, 7) is 7.42. The van der Waals surface area contributed by atoms with Gasteiger partial charge in [0.2, 0.25) is 0 Å². The van der Waals surface area contributed by atoms with Crippen molar-refractivity contribution in [3.05, 3.63) is 28.5 Å². The second kappa shape index (κ2) is 4.65. The summed E-state index contributed by atoms with van der Waals surface area (Å²) in [6, 6.07) is 6.35. The van der Waals surface area contributed by atoms with Crippen molar-refractivity contribution in [2.45, 2.75) is 32.9 Å². The number of hydrogen-bond donors (Lipinski definition) is 1. The molecule has 0 saturated carbocycles. The quantitative estimate of drug-likeness (QED) is 0.899. The van der Waals surface area contributed by atoms with Crippen LogP contribution in [0, 0.1) is 0 Å². The lowest BCUT2D eigenvalue weighted by atomic mass is 10.1. The Labute approximate surface area is 105 Å². The van der Waals surface area contributed by atoms with Crippen molar-refractivity contribution in [2.24, 2.45) is 0 Å². The Morgan fingerprint density at radius 2 is 2.19 bits per heavy atom. The average molecular weight is 252 g/mol. The van der Waals surface area contributed by atoms with E-state index in [0.717, 1.165) is 12.2 Å². The van der Waals surface area contributed by atoms with Crippen molar-refractivity contribution >= 4 is 22.9 Å². The highest BCUT2D eigenvalue weighted by Crippen LogP contribution is 2.26. The number of thiophene rings is 1. The summed E-state index contributed by atoms with van der Waals surface area (Å²) in [4.78, 5) is 2.54. The molecule has 4 heteroatoms. The molecule has 0 aliphatic carbocycles. The van der Waals surface area contributed by atoms with Crippen LogP contribution in [0.3, 0.4) is 0 Å². The van der Waals surface area contributed by atoms with Gasteiger partial charge in [-0.05, 0) is 49.8 Å². The maximum atomic E-state index is 4.47. The summed E-state index contributed by atoms with van der Waals surface area (Å²) >= 11 is 3.32. The zero-order chi connectivity index (χ0) is 11.6. The summed E-state index contributed by atoms with van der Waals surface area (Å²) < 4.78 is 4.47. The zero-order valence-electron chi connectivity index (χ0n) is 9.78. The van der Waals surface area contributed by atoms with Crippen LogP contribution in [0.2, 0.25) is 0 Å². The second-order valence-corrected chi connectivity index (χ2v) is 6.60. The van der Waals surface area contributed by atoms with Crippen molar-refractivity contribution in [2.75, 3.05) is 0 Å². The first kappa shape index (κ1) is 11.8. The zero-order valence-corrected chi connectivity index (χ0v) is 11.4. The largest absolute Gasteiger partial charge is 0.307 e. The van der Waals surface area contributed by atoms with Gasteiger partial charge in [-0.25, -0.2) is 0 Å². The maximum Gasteiger partial charge on any atom is 0.0943 e. The van der Waals surface area contributed by atoms with Crippen LogP contribution in [0.25, 0.3) is 10.6 Å². The van der Waals surface area contributed by atoms with E-state index in [0.29, 0.717) is 0 Å². The SMILES string of the molecule is CC(C)(C)NCc1cc(-c2cccs2)ns1. The van der Waals surface area contributed by atoms with Gasteiger partial charge in [0, 0.05) is 17.0 Å². The number of nitrogens with one attached hydrogen (secondary N) is 1. The third-order valence-electron chi connectivity index (χ3n) is 2.13. The molecule has 0 aliphatic heterocycles. The molecule has 2 nitrogen and oxygen atoms in total. The fraction of sp³-hybridized carbons (Fsp3) is 0.417. The molecule has 0 fully saturated rings. The Balaban J connectivity index is 2.03. The van der Waals surface area contributed by atoms with Crippen LogP contribution < -0.4 is 5.32 Å². The van der Waals surface area contributed by atoms with Gasteiger partial charge in [-0.15, -0.1) is 11.3 Å². The summed E-state index contributed by atoms with van der Waals surface area (Å²) in [5.41, 5.74) is 1.26. The molecule has 86 valence electrons. The molecule has 0 amide bonds. The van der Waals surface area contributed by atoms with Gasteiger partial charge in [-0.3, -0.25) is 0 Å². The van der Waals surface area contributed by atoms with Crippen molar-refractivity contribution in [1.82, 2.24) is 9.69 Å². The molecular weight excluding hydrogens is 236 g/mol. The predicted octanol–water partition coefficient (Wildman–Crippen LogP) is 3.76. The summed E-state index contributed by atoms with van der Waals surface area (Å²) in [6.07, 6.45) is 0. The molecule has 0 aliphatic rings. The number of hydrogen-bond acceptors (Lipinski definition) is 4. The molecular formula is C12H16N2S2. The topological polar surface area (TPSA) is 24.9 Å². The first-order valence-corrected chi connectivity index (χ1v) is 6.94. The molecule has 0 unspecified atom stereocenters. The molecule has 1 N–H and O–H groups in total. The van der Waals surface area contributed by atoms with Gasteiger partial charge in [-0.1, -0.05) is 6.07 Å². The van der Waals surface area contributed by atoms with Crippen LogP contribution in [-0.2, 0) is 6.54 Å². The summed E-state index contributed by atoms with van der Waals surface area (Å²) in [5, 5.41) is 5.56. The molecule has 0 saturated heterocycles. The van der Waals surface area contributed by atoms with Crippen LogP contribution >= 0.6 is 22.9 Å². The fourth-order valence-electron chi connectivity index (χ4n) is 1.29. The minimum absolute atomic E-state index is 0.160. The second-order valence-electron chi connectivity index (χ2n) is 4.76. The van der Waals surface area contributed by atoms with Crippen molar-refractivity contribution in [3.63, 3.8) is 0 Å². The lowest BCUT2D eigenvalue weighted by Crippen LogP contribution is -2.34. The van der Waals surface area contributed by atoms with E-state index in [9.17, 15) is 0 Å². The molecule has 2 aromatic heterocycles. The van der Waals surface area contributed by atoms with E-state index >= 15 is 0 Å². The van der Waals surface area contributed by atoms with E-state index in [1.165, 1.54) is 9.75 Å². The van der Waals surface area contributed by atoms with Gasteiger partial charge in [0.25, 0.3) is 0 Å². The molecule has 2 rings (SSSR count). The number of aromatic nitrogens is 1. The standard InChI is InChI=1S/C12H16N2S2/c1-12(2,3)13-8-9-7-10(14-16-9)11-5-4-6-15-11/h4-7,13H,8H2,1-3H3. The Morgan fingerprint density at radius 3 is 2.81 bits per heavy atom. The van der Waals surface area contributed by atoms with Gasteiger partial charge >= 0.3 is 0 Å². The molecule has 2 aromatic rings. The van der Waals surface area contributed by atoms with Gasteiger partial charge < -0.3 is 5.32 Å². The molecule has 0 spiro atoms. The molecule has 0 aromatic carbocycles. The summed E-state index contributed by atoms with van der Waals surface area (Å²) in [5.74, 6) is 0. The Bertz CT molecular complexity index is 438. The van der Waals surface area contributed by atoms with Gasteiger partial charge in [0.05, 0.1) is 10.6 Å². The fourth-order valence-corrected chi connectivity index (χ4v) is 2.70. The van der Waals surface area contributed by atoms with Gasteiger partial charge in [0.15, 0.2) is 0 Å². The van der Waals surface area contributed by atoms with E-state index < -0.39 is 0 Å². The lowest BCUT2D eigenvalue weighted by molar-refractivity contribution is 0.426. The number of rotatable bonds is 3. The number of nitrogens with zero attached hydrogens (tertiary/aromatic N) is 1. The summed E-state index contributed by atoms with van der Waals surface area (Å²) in [7, 11) is 0. The Hall–Kier alpha value is -0.710. The van der Waals surface area contributed by atoms with Crippen molar-refractivity contribution in [3.8, 4) is 10.6 Å². The molecule has 2 heterocycles.